The molecule has 116 valence electrons. The summed E-state index contributed by atoms with van der Waals surface area (Å²) in [6, 6.07) is 4.10. The summed E-state index contributed by atoms with van der Waals surface area (Å²) in [5.74, 6) is -2.06. The fourth-order valence-corrected chi connectivity index (χ4v) is 1.91. The lowest BCUT2D eigenvalue weighted by Gasteiger charge is -2.08. The molecule has 0 bridgehead atoms. The number of aryl methyl sites for hydroxylation is 1. The summed E-state index contributed by atoms with van der Waals surface area (Å²) >= 11 is 0. The van der Waals surface area contributed by atoms with Crippen LogP contribution in [0.25, 0.3) is 0 Å². The van der Waals surface area contributed by atoms with Crippen molar-refractivity contribution in [3.05, 3.63) is 58.3 Å². The van der Waals surface area contributed by atoms with Crippen molar-refractivity contribution in [2.45, 2.75) is 26.3 Å². The maximum Gasteiger partial charge on any atom is 0.253 e. The summed E-state index contributed by atoms with van der Waals surface area (Å²) in [6.07, 6.45) is 2.81. The molecule has 1 aromatic carbocycles. The third kappa shape index (κ3) is 3.97. The van der Waals surface area contributed by atoms with Gasteiger partial charge in [0, 0.05) is 17.8 Å². The van der Waals surface area contributed by atoms with Gasteiger partial charge < -0.3 is 5.32 Å². The molecule has 0 aliphatic heterocycles. The highest BCUT2D eigenvalue weighted by Gasteiger charge is 2.10. The summed E-state index contributed by atoms with van der Waals surface area (Å²) in [5, 5.41) is 2.23. The first-order chi connectivity index (χ1) is 10.5. The van der Waals surface area contributed by atoms with E-state index in [-0.39, 0.29) is 17.8 Å². The van der Waals surface area contributed by atoms with E-state index in [1.165, 1.54) is 12.4 Å². The fourth-order valence-electron chi connectivity index (χ4n) is 1.91. The predicted octanol–water partition coefficient (Wildman–Crippen LogP) is 2.11. The smallest absolute Gasteiger partial charge is 0.253 e. The molecule has 1 N–H and O–H groups in total. The van der Waals surface area contributed by atoms with Crippen molar-refractivity contribution in [3.8, 4) is 0 Å². The Morgan fingerprint density at radius 3 is 2.77 bits per heavy atom. The van der Waals surface area contributed by atoms with Gasteiger partial charge in [0.25, 0.3) is 5.56 Å². The number of carbonyl (C=O) groups excluding carboxylic acids is 1. The number of hydrogen-bond donors (Lipinski definition) is 1. The van der Waals surface area contributed by atoms with Gasteiger partial charge in [0.15, 0.2) is 0 Å². The van der Waals surface area contributed by atoms with E-state index in [4.69, 9.17) is 0 Å². The van der Waals surface area contributed by atoms with Crippen LogP contribution in [0.3, 0.4) is 0 Å². The van der Waals surface area contributed by atoms with Crippen molar-refractivity contribution in [3.63, 3.8) is 0 Å². The SMILES string of the molecule is CCCc1cc(=O)n(CC(=O)Nc2cc(F)ccc2F)cn1. The zero-order valence-corrected chi connectivity index (χ0v) is 12.0. The summed E-state index contributed by atoms with van der Waals surface area (Å²) in [6.45, 7) is 1.64. The molecule has 1 aromatic heterocycles. The zero-order chi connectivity index (χ0) is 16.1. The Balaban J connectivity index is 2.09. The molecule has 0 saturated heterocycles. The third-order valence-electron chi connectivity index (χ3n) is 2.96. The number of halogens is 2. The second-order valence-electron chi connectivity index (χ2n) is 4.77. The molecule has 2 aromatic rings. The van der Waals surface area contributed by atoms with Crippen LogP contribution in [0.1, 0.15) is 19.0 Å². The van der Waals surface area contributed by atoms with Crippen molar-refractivity contribution < 1.29 is 13.6 Å². The van der Waals surface area contributed by atoms with Crippen LogP contribution in [0.15, 0.2) is 35.4 Å². The Kier molecular flexibility index (Phi) is 4.98. The molecule has 22 heavy (non-hydrogen) atoms. The minimum Gasteiger partial charge on any atom is -0.322 e. The van der Waals surface area contributed by atoms with Gasteiger partial charge in [-0.05, 0) is 18.6 Å². The number of benzene rings is 1. The Labute approximate surface area is 125 Å². The fraction of sp³-hybridized carbons (Fsp3) is 0.267. The van der Waals surface area contributed by atoms with Crippen LogP contribution in [0, 0.1) is 11.6 Å². The van der Waals surface area contributed by atoms with Gasteiger partial charge >= 0.3 is 0 Å². The van der Waals surface area contributed by atoms with Crippen LogP contribution in [-0.4, -0.2) is 15.5 Å². The summed E-state index contributed by atoms with van der Waals surface area (Å²) < 4.78 is 27.5. The van der Waals surface area contributed by atoms with Gasteiger partial charge in [0.05, 0.1) is 12.0 Å². The molecule has 2 rings (SSSR count). The average Bonchev–Trinajstić information content (AvgIpc) is 2.46. The molecule has 7 heteroatoms. The second-order valence-corrected chi connectivity index (χ2v) is 4.77. The number of hydrogen-bond acceptors (Lipinski definition) is 3. The van der Waals surface area contributed by atoms with E-state index in [1.807, 2.05) is 6.92 Å². The topological polar surface area (TPSA) is 64.0 Å². The van der Waals surface area contributed by atoms with Crippen LogP contribution in [-0.2, 0) is 17.8 Å². The highest BCUT2D eigenvalue weighted by molar-refractivity contribution is 5.90. The largest absolute Gasteiger partial charge is 0.322 e. The van der Waals surface area contributed by atoms with Crippen molar-refractivity contribution in [1.82, 2.24) is 9.55 Å². The molecule has 0 atom stereocenters. The first-order valence-electron chi connectivity index (χ1n) is 6.80. The minimum atomic E-state index is -0.751. The molecular formula is C15H15F2N3O2. The molecule has 0 saturated carbocycles. The minimum absolute atomic E-state index is 0.270. The van der Waals surface area contributed by atoms with Gasteiger partial charge in [-0.1, -0.05) is 13.3 Å². The third-order valence-corrected chi connectivity index (χ3v) is 2.96. The standard InChI is InChI=1S/C15H15F2N3O2/c1-2-3-11-7-15(22)20(9-18-11)8-14(21)19-13-6-10(16)4-5-12(13)17/h4-7,9H,2-3,8H2,1H3,(H,19,21). The zero-order valence-electron chi connectivity index (χ0n) is 12.0. The molecule has 5 nitrogen and oxygen atoms in total. The Morgan fingerprint density at radius 2 is 2.09 bits per heavy atom. The second kappa shape index (κ2) is 6.93. The van der Waals surface area contributed by atoms with Gasteiger partial charge in [0.2, 0.25) is 5.91 Å². The van der Waals surface area contributed by atoms with Gasteiger partial charge in [-0.25, -0.2) is 13.8 Å². The lowest BCUT2D eigenvalue weighted by molar-refractivity contribution is -0.116. The van der Waals surface area contributed by atoms with E-state index in [0.29, 0.717) is 12.1 Å². The average molecular weight is 307 g/mol. The van der Waals surface area contributed by atoms with Crippen molar-refractivity contribution >= 4 is 11.6 Å². The number of amides is 1. The normalized spacial score (nSPS) is 10.5. The van der Waals surface area contributed by atoms with E-state index in [2.05, 4.69) is 10.3 Å². The predicted molar refractivity (Wildman–Crippen MR) is 77.5 cm³/mol. The van der Waals surface area contributed by atoms with Gasteiger partial charge in [0.1, 0.15) is 18.2 Å². The monoisotopic (exact) mass is 307 g/mol. The van der Waals surface area contributed by atoms with E-state index in [1.54, 1.807) is 0 Å². The van der Waals surface area contributed by atoms with Crippen LogP contribution in [0.4, 0.5) is 14.5 Å². The maximum absolute atomic E-state index is 13.4. The lowest BCUT2D eigenvalue weighted by Crippen LogP contribution is -2.28. The Hall–Kier alpha value is -2.57. The molecule has 0 spiro atoms. The molecule has 0 aliphatic carbocycles. The molecule has 1 heterocycles. The van der Waals surface area contributed by atoms with E-state index in [0.717, 1.165) is 29.2 Å². The first-order valence-corrected chi connectivity index (χ1v) is 6.80. The Bertz CT molecular complexity index is 744. The van der Waals surface area contributed by atoms with Crippen LogP contribution < -0.4 is 10.9 Å². The summed E-state index contributed by atoms with van der Waals surface area (Å²) in [5.41, 5.74) is 0.0160. The highest BCUT2D eigenvalue weighted by atomic mass is 19.1. The van der Waals surface area contributed by atoms with E-state index >= 15 is 0 Å². The van der Waals surface area contributed by atoms with Gasteiger partial charge in [-0.2, -0.15) is 0 Å². The first kappa shape index (κ1) is 15.8. The van der Waals surface area contributed by atoms with Crippen LogP contribution in [0.5, 0.6) is 0 Å². The number of anilines is 1. The number of nitrogens with zero attached hydrogens (tertiary/aromatic N) is 2. The molecule has 1 amide bonds. The number of aromatic nitrogens is 2. The molecule has 0 fully saturated rings. The van der Waals surface area contributed by atoms with Crippen LogP contribution in [0.2, 0.25) is 0 Å². The highest BCUT2D eigenvalue weighted by Crippen LogP contribution is 2.15. The molecule has 0 aliphatic rings. The van der Waals surface area contributed by atoms with Crippen molar-refractivity contribution in [1.29, 1.82) is 0 Å². The van der Waals surface area contributed by atoms with Crippen LogP contribution >= 0.6 is 0 Å². The van der Waals surface area contributed by atoms with E-state index < -0.39 is 17.5 Å². The van der Waals surface area contributed by atoms with Gasteiger partial charge in [-0.3, -0.25) is 14.2 Å². The number of carbonyl (C=O) groups is 1. The van der Waals surface area contributed by atoms with Crippen molar-refractivity contribution in [2.75, 3.05) is 5.32 Å². The van der Waals surface area contributed by atoms with Gasteiger partial charge in [-0.15, -0.1) is 0 Å². The molecule has 0 unspecified atom stereocenters. The number of rotatable bonds is 5. The molecule has 0 radical (unpaired) electrons. The summed E-state index contributed by atoms with van der Waals surface area (Å²) in [4.78, 5) is 27.7. The number of nitrogens with one attached hydrogen (secondary N) is 1. The quantitative estimate of drug-likeness (QED) is 0.920. The van der Waals surface area contributed by atoms with E-state index in [9.17, 15) is 18.4 Å². The molecular weight excluding hydrogens is 292 g/mol. The summed E-state index contributed by atoms with van der Waals surface area (Å²) in [7, 11) is 0. The lowest BCUT2D eigenvalue weighted by atomic mass is 10.2. The van der Waals surface area contributed by atoms with Crippen molar-refractivity contribution in [2.24, 2.45) is 0 Å². The maximum atomic E-state index is 13.4. The Morgan fingerprint density at radius 1 is 1.32 bits per heavy atom.